The van der Waals surface area contributed by atoms with Gasteiger partial charge in [0.25, 0.3) is 0 Å². The van der Waals surface area contributed by atoms with Gasteiger partial charge in [0, 0.05) is 48.3 Å². The Morgan fingerprint density at radius 1 is 1.18 bits per heavy atom. The summed E-state index contributed by atoms with van der Waals surface area (Å²) in [6.07, 6.45) is 4.66. The summed E-state index contributed by atoms with van der Waals surface area (Å²) in [4.78, 5) is 21.2. The lowest BCUT2D eigenvalue weighted by molar-refractivity contribution is 0.252. The molecular weight excluding hydrogens is 416 g/mol. The molecule has 1 fully saturated rings. The fraction of sp³-hybridized carbons (Fsp3) is 0.400. The van der Waals surface area contributed by atoms with E-state index in [0.717, 1.165) is 53.5 Å². The number of carbonyl (C=O) groups is 1. The first-order valence-electron chi connectivity index (χ1n) is 11.6. The maximum absolute atomic E-state index is 12.1. The minimum atomic E-state index is -0.0957. The molecule has 0 saturated carbocycles. The molecule has 33 heavy (non-hydrogen) atoms. The Balaban J connectivity index is 1.61. The molecule has 2 amide bonds. The smallest absolute Gasteiger partial charge is 0.323 e. The van der Waals surface area contributed by atoms with Gasteiger partial charge in [-0.05, 0) is 56.0 Å². The highest BCUT2D eigenvalue weighted by atomic mass is 16.5. The lowest BCUT2D eigenvalue weighted by Gasteiger charge is -2.28. The van der Waals surface area contributed by atoms with Crippen molar-refractivity contribution in [2.75, 3.05) is 30.0 Å². The number of rotatable bonds is 6. The highest BCUT2D eigenvalue weighted by Gasteiger charge is 2.34. The number of hydrogen-bond donors (Lipinski definition) is 1. The van der Waals surface area contributed by atoms with Gasteiger partial charge in [0.05, 0.1) is 12.8 Å². The van der Waals surface area contributed by atoms with Crippen molar-refractivity contribution in [3.05, 3.63) is 53.3 Å². The number of nitrogens with zero attached hydrogens (tertiary/aromatic N) is 5. The van der Waals surface area contributed by atoms with E-state index in [0.29, 0.717) is 24.9 Å². The Bertz CT molecular complexity index is 1200. The van der Waals surface area contributed by atoms with Crippen molar-refractivity contribution in [1.29, 1.82) is 0 Å². The van der Waals surface area contributed by atoms with Gasteiger partial charge < -0.3 is 15.0 Å². The summed E-state index contributed by atoms with van der Waals surface area (Å²) in [5.74, 6) is 2.52. The Morgan fingerprint density at radius 2 is 2.03 bits per heavy atom. The van der Waals surface area contributed by atoms with Gasteiger partial charge in [-0.1, -0.05) is 13.8 Å². The van der Waals surface area contributed by atoms with Gasteiger partial charge in [-0.3, -0.25) is 4.90 Å². The topological polar surface area (TPSA) is 75.5 Å². The van der Waals surface area contributed by atoms with Crippen LogP contribution in [0.1, 0.15) is 37.1 Å². The molecule has 3 aromatic rings. The highest BCUT2D eigenvalue weighted by molar-refractivity contribution is 5.93. The van der Waals surface area contributed by atoms with Crippen LogP contribution in [0.15, 0.2) is 36.5 Å². The first-order chi connectivity index (χ1) is 16.0. The van der Waals surface area contributed by atoms with Crippen molar-refractivity contribution in [2.24, 2.45) is 0 Å². The molecule has 8 nitrogen and oxygen atoms in total. The molecule has 4 heterocycles. The molecule has 0 aliphatic carbocycles. The first kappa shape index (κ1) is 21.3. The van der Waals surface area contributed by atoms with E-state index in [2.05, 4.69) is 49.2 Å². The fourth-order valence-electron chi connectivity index (χ4n) is 4.82. The molecule has 2 aromatic heterocycles. The Morgan fingerprint density at radius 3 is 2.70 bits per heavy atom. The summed E-state index contributed by atoms with van der Waals surface area (Å²) < 4.78 is 7.32. The number of anilines is 3. The van der Waals surface area contributed by atoms with Gasteiger partial charge >= 0.3 is 6.03 Å². The van der Waals surface area contributed by atoms with E-state index in [9.17, 15) is 4.79 Å². The van der Waals surface area contributed by atoms with Crippen molar-refractivity contribution < 1.29 is 9.53 Å². The molecule has 0 bridgehead atoms. The van der Waals surface area contributed by atoms with Crippen LogP contribution in [0, 0.1) is 6.92 Å². The average Bonchev–Trinajstić information content (AvgIpc) is 3.56. The van der Waals surface area contributed by atoms with Crippen LogP contribution < -0.4 is 19.9 Å². The summed E-state index contributed by atoms with van der Waals surface area (Å²) in [5.41, 5.74) is 5.56. The number of amides is 2. The Kier molecular flexibility index (Phi) is 5.44. The molecule has 0 spiro atoms. The van der Waals surface area contributed by atoms with Crippen molar-refractivity contribution in [1.82, 2.24) is 20.1 Å². The SMILES string of the molecule is CCc1cc(-n2ccc(N3CCNC3=O)n2)c2c(n1)N(c1ccc(OC)cc1C)C(CC)C2. The summed E-state index contributed by atoms with van der Waals surface area (Å²) in [5, 5.41) is 7.61. The zero-order valence-corrected chi connectivity index (χ0v) is 19.6. The number of nitrogens with one attached hydrogen (secondary N) is 1. The number of urea groups is 1. The van der Waals surface area contributed by atoms with E-state index in [4.69, 9.17) is 14.8 Å². The number of carbonyl (C=O) groups excluding carboxylic acids is 1. The number of aromatic nitrogens is 3. The predicted molar refractivity (Wildman–Crippen MR) is 129 cm³/mol. The third-order valence-electron chi connectivity index (χ3n) is 6.62. The normalized spacial score (nSPS) is 17.5. The summed E-state index contributed by atoms with van der Waals surface area (Å²) in [6, 6.07) is 10.5. The maximum atomic E-state index is 12.1. The van der Waals surface area contributed by atoms with Crippen molar-refractivity contribution in [3.8, 4) is 11.4 Å². The molecule has 2 aliphatic rings. The third kappa shape index (κ3) is 3.59. The second kappa shape index (κ2) is 8.42. The molecule has 1 atom stereocenters. The van der Waals surface area contributed by atoms with E-state index in [1.54, 1.807) is 12.0 Å². The van der Waals surface area contributed by atoms with Crippen LogP contribution in [-0.4, -0.2) is 47.0 Å². The minimum absolute atomic E-state index is 0.0957. The lowest BCUT2D eigenvalue weighted by Crippen LogP contribution is -2.28. The standard InChI is InChI=1S/C25H30N6O2/c1-5-17-14-22(30-11-9-23(28-30)29-12-10-26-25(29)32)20-15-18(6-2)31(24(20)27-17)21-8-7-19(33-4)13-16(21)3/h7-9,11,13-14,18H,5-6,10,12,15H2,1-4H3,(H,26,32). The van der Waals surface area contributed by atoms with Gasteiger partial charge in [0.15, 0.2) is 5.82 Å². The van der Waals surface area contributed by atoms with Gasteiger partial charge in [0.1, 0.15) is 11.6 Å². The maximum Gasteiger partial charge on any atom is 0.323 e. The van der Waals surface area contributed by atoms with Gasteiger partial charge in [-0.25, -0.2) is 14.5 Å². The molecule has 172 valence electrons. The van der Waals surface area contributed by atoms with Crippen molar-refractivity contribution in [2.45, 2.75) is 46.1 Å². The number of fused-ring (bicyclic) bond motifs is 1. The molecule has 1 aromatic carbocycles. The van der Waals surface area contributed by atoms with Crippen molar-refractivity contribution in [3.63, 3.8) is 0 Å². The van der Waals surface area contributed by atoms with Crippen LogP contribution in [0.25, 0.3) is 5.69 Å². The average molecular weight is 447 g/mol. The molecule has 0 radical (unpaired) electrons. The Labute approximate surface area is 194 Å². The lowest BCUT2D eigenvalue weighted by atomic mass is 10.1. The van der Waals surface area contributed by atoms with Crippen molar-refractivity contribution >= 4 is 23.4 Å². The summed E-state index contributed by atoms with van der Waals surface area (Å²) in [7, 11) is 1.69. The number of hydrogen-bond acceptors (Lipinski definition) is 5. The van der Waals surface area contributed by atoms with E-state index in [1.165, 1.54) is 5.56 Å². The zero-order valence-electron chi connectivity index (χ0n) is 19.6. The van der Waals surface area contributed by atoms with Crippen LogP contribution in [0.2, 0.25) is 0 Å². The number of ether oxygens (including phenoxy) is 1. The molecular formula is C25H30N6O2. The van der Waals surface area contributed by atoms with Crippen LogP contribution in [0.5, 0.6) is 5.75 Å². The Hall–Kier alpha value is -3.55. The molecule has 1 unspecified atom stereocenters. The third-order valence-corrected chi connectivity index (χ3v) is 6.62. The molecule has 8 heteroatoms. The van der Waals surface area contributed by atoms with E-state index >= 15 is 0 Å². The van der Waals surface area contributed by atoms with E-state index < -0.39 is 0 Å². The zero-order chi connectivity index (χ0) is 23.1. The molecule has 1 N–H and O–H groups in total. The van der Waals surface area contributed by atoms with Crippen LogP contribution in [-0.2, 0) is 12.8 Å². The number of methoxy groups -OCH3 is 1. The van der Waals surface area contributed by atoms with Gasteiger partial charge in [-0.2, -0.15) is 0 Å². The largest absolute Gasteiger partial charge is 0.497 e. The predicted octanol–water partition coefficient (Wildman–Crippen LogP) is 4.15. The molecule has 5 rings (SSSR count). The van der Waals surface area contributed by atoms with Gasteiger partial charge in [-0.15, -0.1) is 5.10 Å². The van der Waals surface area contributed by atoms with Crippen LogP contribution in [0.4, 0.5) is 22.1 Å². The minimum Gasteiger partial charge on any atom is -0.497 e. The van der Waals surface area contributed by atoms with Crippen LogP contribution in [0.3, 0.4) is 0 Å². The number of aryl methyl sites for hydroxylation is 2. The number of benzene rings is 1. The molecule has 1 saturated heterocycles. The summed E-state index contributed by atoms with van der Waals surface area (Å²) in [6.45, 7) is 7.74. The quantitative estimate of drug-likeness (QED) is 0.616. The monoisotopic (exact) mass is 446 g/mol. The second-order valence-electron chi connectivity index (χ2n) is 8.58. The second-order valence-corrected chi connectivity index (χ2v) is 8.58. The van der Waals surface area contributed by atoms with Crippen LogP contribution >= 0.6 is 0 Å². The van der Waals surface area contributed by atoms with E-state index in [1.807, 2.05) is 23.0 Å². The van der Waals surface area contributed by atoms with E-state index in [-0.39, 0.29) is 6.03 Å². The van der Waals surface area contributed by atoms with Gasteiger partial charge in [0.2, 0.25) is 0 Å². The number of pyridine rings is 1. The summed E-state index contributed by atoms with van der Waals surface area (Å²) >= 11 is 0. The molecule has 2 aliphatic heterocycles. The highest BCUT2D eigenvalue weighted by Crippen LogP contribution is 2.43. The fourth-order valence-corrected chi connectivity index (χ4v) is 4.82. The first-order valence-corrected chi connectivity index (χ1v) is 11.6.